The van der Waals surface area contributed by atoms with E-state index < -0.39 is 11.9 Å². The molecule has 1 aliphatic heterocycles. The van der Waals surface area contributed by atoms with Gasteiger partial charge in [-0.15, -0.1) is 0 Å². The molecule has 2 heterocycles. The summed E-state index contributed by atoms with van der Waals surface area (Å²) in [4.78, 5) is 15.3. The van der Waals surface area contributed by atoms with E-state index in [9.17, 15) is 9.90 Å². The summed E-state index contributed by atoms with van der Waals surface area (Å²) in [5, 5.41) is 18.1. The molecule has 2 N–H and O–H groups in total. The van der Waals surface area contributed by atoms with Crippen LogP contribution in [0, 0.1) is 19.7 Å². The van der Waals surface area contributed by atoms with Gasteiger partial charge in [-0.3, -0.25) is 9.89 Å². The van der Waals surface area contributed by atoms with E-state index in [2.05, 4.69) is 10.2 Å². The summed E-state index contributed by atoms with van der Waals surface area (Å²) in [6.45, 7) is 4.11. The number of nitrogens with zero attached hydrogens (tertiary/aromatic N) is 2. The number of halogens is 1. The van der Waals surface area contributed by atoms with Crippen LogP contribution in [0.15, 0.2) is 54.6 Å². The van der Waals surface area contributed by atoms with Crippen molar-refractivity contribution in [3.8, 4) is 28.5 Å². The van der Waals surface area contributed by atoms with Crippen molar-refractivity contribution < 1.29 is 23.8 Å². The summed E-state index contributed by atoms with van der Waals surface area (Å²) in [5.74, 6) is 0.593. The normalized spacial score (nSPS) is 14.7. The predicted octanol–water partition coefficient (Wildman–Crippen LogP) is 5.34. The molecule has 37 heavy (non-hydrogen) atoms. The van der Waals surface area contributed by atoms with Gasteiger partial charge in [0.1, 0.15) is 23.0 Å². The van der Waals surface area contributed by atoms with E-state index in [-0.39, 0.29) is 11.7 Å². The second-order valence-electron chi connectivity index (χ2n) is 9.20. The number of aryl methyl sites for hydroxylation is 2. The highest BCUT2D eigenvalue weighted by molar-refractivity contribution is 6.00. The Bertz CT molecular complexity index is 1470. The van der Waals surface area contributed by atoms with Crippen molar-refractivity contribution >= 4 is 5.91 Å². The number of rotatable bonds is 7. The number of ether oxygens (including phenoxy) is 2. The molecule has 190 valence electrons. The number of aromatic amines is 1. The number of aromatic hydroxyl groups is 1. The summed E-state index contributed by atoms with van der Waals surface area (Å²) < 4.78 is 25.9. The van der Waals surface area contributed by atoms with Crippen LogP contribution in [-0.2, 0) is 6.42 Å². The molecule has 0 spiro atoms. The van der Waals surface area contributed by atoms with Crippen LogP contribution < -0.4 is 9.47 Å². The van der Waals surface area contributed by atoms with Gasteiger partial charge >= 0.3 is 0 Å². The van der Waals surface area contributed by atoms with Crippen molar-refractivity contribution in [2.45, 2.75) is 26.3 Å². The first-order chi connectivity index (χ1) is 17.8. The van der Waals surface area contributed by atoms with Gasteiger partial charge < -0.3 is 19.5 Å². The Morgan fingerprint density at radius 3 is 2.51 bits per heavy atom. The molecule has 0 aliphatic carbocycles. The molecule has 0 radical (unpaired) electrons. The molecule has 1 unspecified atom stereocenters. The molecule has 0 saturated carbocycles. The van der Waals surface area contributed by atoms with E-state index >= 15 is 4.39 Å². The van der Waals surface area contributed by atoms with Crippen LogP contribution in [0.5, 0.6) is 17.2 Å². The van der Waals surface area contributed by atoms with Crippen molar-refractivity contribution in [3.05, 3.63) is 93.9 Å². The highest BCUT2D eigenvalue weighted by Gasteiger charge is 2.43. The second-order valence-corrected chi connectivity index (χ2v) is 9.20. The Hall–Kier alpha value is -4.33. The molecule has 4 aromatic rings. The molecule has 1 aromatic heterocycles. The third-order valence-electron chi connectivity index (χ3n) is 6.85. The van der Waals surface area contributed by atoms with Crippen molar-refractivity contribution in [2.75, 3.05) is 20.8 Å². The van der Waals surface area contributed by atoms with Gasteiger partial charge in [-0.05, 0) is 61.2 Å². The van der Waals surface area contributed by atoms with Crippen molar-refractivity contribution in [3.63, 3.8) is 0 Å². The minimum absolute atomic E-state index is 0.0651. The summed E-state index contributed by atoms with van der Waals surface area (Å²) in [6.07, 6.45) is 0.513. The average Bonchev–Trinajstić information content (AvgIpc) is 3.41. The SMILES string of the molecule is COc1ccc(CCN2C(=O)c3[nH]nc(-c4c(C)cc(C)cc4O)c3C2c2ccccc2F)cc1OC. The monoisotopic (exact) mass is 501 g/mol. The number of hydrogen-bond donors (Lipinski definition) is 2. The van der Waals surface area contributed by atoms with E-state index in [1.165, 1.54) is 6.07 Å². The Kier molecular flexibility index (Phi) is 6.33. The van der Waals surface area contributed by atoms with Crippen molar-refractivity contribution in [1.29, 1.82) is 0 Å². The summed E-state index contributed by atoms with van der Waals surface area (Å²) in [6, 6.07) is 14.9. The molecule has 1 amide bonds. The standard InChI is InChI=1S/C29H28FN3O4/c1-16-13-17(2)24(21(34)14-16)26-25-27(32-31-26)29(35)33(28(25)19-7-5-6-8-20(19)30)12-11-18-9-10-22(36-3)23(15-18)37-4/h5-10,13-15,28,34H,11-12H2,1-4H3,(H,31,32). The first kappa shape index (κ1) is 24.4. The number of phenolic OH excluding ortho intramolecular Hbond substituents is 1. The maximum Gasteiger partial charge on any atom is 0.273 e. The number of amides is 1. The van der Waals surface area contributed by atoms with Crippen LogP contribution in [0.3, 0.4) is 0 Å². The quantitative estimate of drug-likeness (QED) is 0.357. The van der Waals surface area contributed by atoms with E-state index in [0.29, 0.717) is 52.5 Å². The Morgan fingerprint density at radius 2 is 1.81 bits per heavy atom. The van der Waals surface area contributed by atoms with Gasteiger partial charge in [-0.25, -0.2) is 4.39 Å². The van der Waals surface area contributed by atoms with E-state index in [1.54, 1.807) is 43.4 Å². The molecule has 8 heteroatoms. The zero-order valence-corrected chi connectivity index (χ0v) is 21.1. The molecule has 1 atom stereocenters. The number of phenols is 1. The van der Waals surface area contributed by atoms with Crippen LogP contribution in [0.4, 0.5) is 4.39 Å². The summed E-state index contributed by atoms with van der Waals surface area (Å²) >= 11 is 0. The predicted molar refractivity (Wildman–Crippen MR) is 138 cm³/mol. The number of aromatic nitrogens is 2. The van der Waals surface area contributed by atoms with Crippen LogP contribution in [0.2, 0.25) is 0 Å². The molecular formula is C29H28FN3O4. The molecule has 7 nitrogen and oxygen atoms in total. The van der Waals surface area contributed by atoms with Crippen LogP contribution in [0.25, 0.3) is 11.3 Å². The fourth-order valence-corrected chi connectivity index (χ4v) is 5.18. The van der Waals surface area contributed by atoms with Gasteiger partial charge in [-0.2, -0.15) is 5.10 Å². The smallest absolute Gasteiger partial charge is 0.273 e. The first-order valence-electron chi connectivity index (χ1n) is 12.0. The van der Waals surface area contributed by atoms with E-state index in [1.807, 2.05) is 38.1 Å². The number of hydrogen-bond acceptors (Lipinski definition) is 5. The number of carbonyl (C=O) groups is 1. The van der Waals surface area contributed by atoms with Crippen LogP contribution in [0.1, 0.15) is 44.3 Å². The topological polar surface area (TPSA) is 87.7 Å². The number of benzene rings is 3. The Morgan fingerprint density at radius 1 is 1.05 bits per heavy atom. The fraction of sp³-hybridized carbons (Fsp3) is 0.241. The molecule has 3 aromatic carbocycles. The van der Waals surface area contributed by atoms with Crippen molar-refractivity contribution in [1.82, 2.24) is 15.1 Å². The lowest BCUT2D eigenvalue weighted by atomic mass is 9.93. The highest BCUT2D eigenvalue weighted by Crippen LogP contribution is 2.46. The lowest BCUT2D eigenvalue weighted by molar-refractivity contribution is 0.0744. The molecule has 0 bridgehead atoms. The van der Waals surface area contributed by atoms with Crippen LogP contribution >= 0.6 is 0 Å². The van der Waals surface area contributed by atoms with Gasteiger partial charge in [0.15, 0.2) is 11.5 Å². The number of methoxy groups -OCH3 is 2. The number of carbonyl (C=O) groups excluding carboxylic acids is 1. The minimum atomic E-state index is -0.710. The van der Waals surface area contributed by atoms with Crippen LogP contribution in [-0.4, -0.2) is 46.9 Å². The lowest BCUT2D eigenvalue weighted by Crippen LogP contribution is -2.32. The van der Waals surface area contributed by atoms with Gasteiger partial charge in [0.25, 0.3) is 5.91 Å². The third-order valence-corrected chi connectivity index (χ3v) is 6.85. The summed E-state index contributed by atoms with van der Waals surface area (Å²) in [5.41, 5.74) is 4.87. The minimum Gasteiger partial charge on any atom is -0.507 e. The largest absolute Gasteiger partial charge is 0.507 e. The van der Waals surface area contributed by atoms with Gasteiger partial charge in [0, 0.05) is 23.2 Å². The molecule has 5 rings (SSSR count). The summed E-state index contributed by atoms with van der Waals surface area (Å²) in [7, 11) is 3.15. The Balaban J connectivity index is 1.58. The highest BCUT2D eigenvalue weighted by atomic mass is 19.1. The van der Waals surface area contributed by atoms with Gasteiger partial charge in [0.2, 0.25) is 0 Å². The van der Waals surface area contributed by atoms with Gasteiger partial charge in [-0.1, -0.05) is 30.3 Å². The van der Waals surface area contributed by atoms with Crippen molar-refractivity contribution in [2.24, 2.45) is 0 Å². The first-order valence-corrected chi connectivity index (χ1v) is 12.0. The molecule has 0 saturated heterocycles. The maximum absolute atomic E-state index is 15.2. The Labute approximate surface area is 214 Å². The third kappa shape index (κ3) is 4.18. The number of nitrogens with one attached hydrogen (secondary N) is 1. The fourth-order valence-electron chi connectivity index (χ4n) is 5.18. The molecule has 0 fully saturated rings. The lowest BCUT2D eigenvalue weighted by Gasteiger charge is -2.27. The maximum atomic E-state index is 15.2. The molecule has 1 aliphatic rings. The van der Waals surface area contributed by atoms with E-state index in [0.717, 1.165) is 16.7 Å². The van der Waals surface area contributed by atoms with Gasteiger partial charge in [0.05, 0.1) is 20.3 Å². The van der Waals surface area contributed by atoms with E-state index in [4.69, 9.17) is 9.47 Å². The zero-order valence-electron chi connectivity index (χ0n) is 21.1. The number of fused-ring (bicyclic) bond motifs is 1. The second kappa shape index (κ2) is 9.61. The average molecular weight is 502 g/mol. The zero-order chi connectivity index (χ0) is 26.3. The molecular weight excluding hydrogens is 473 g/mol. The number of H-pyrrole nitrogens is 1.